The van der Waals surface area contributed by atoms with Crippen molar-refractivity contribution in [1.29, 1.82) is 0 Å². The normalized spacial score (nSPS) is 16.4. The molecule has 1 aromatic heterocycles. The monoisotopic (exact) mass is 211 g/mol. The van der Waals surface area contributed by atoms with E-state index in [2.05, 4.69) is 50.1 Å². The number of likely N-dealkylation sites (N-methyl/N-ethyl adjacent to an activating group) is 1. The molecule has 0 amide bonds. The molecule has 4 heteroatoms. The fourth-order valence-electron chi connectivity index (χ4n) is 1.19. The largest absolute Gasteiger partial charge is 0.339 e. The van der Waals surface area contributed by atoms with E-state index >= 15 is 0 Å². The zero-order chi connectivity index (χ0) is 11.6. The molecule has 1 aromatic rings. The molecule has 4 nitrogen and oxygen atoms in total. The Hall–Kier alpha value is -0.900. The summed E-state index contributed by atoms with van der Waals surface area (Å²) < 4.78 is 5.27. The fourth-order valence-corrected chi connectivity index (χ4v) is 1.19. The van der Waals surface area contributed by atoms with Crippen molar-refractivity contribution in [2.45, 2.75) is 52.0 Å². The molecule has 0 aromatic carbocycles. The lowest BCUT2D eigenvalue weighted by Crippen LogP contribution is -2.27. The van der Waals surface area contributed by atoms with Crippen molar-refractivity contribution >= 4 is 0 Å². The molecular formula is C11H21N3O. The van der Waals surface area contributed by atoms with E-state index < -0.39 is 0 Å². The predicted molar refractivity (Wildman–Crippen MR) is 59.9 cm³/mol. The van der Waals surface area contributed by atoms with Gasteiger partial charge in [-0.05, 0) is 14.0 Å². The van der Waals surface area contributed by atoms with E-state index in [1.54, 1.807) is 0 Å². The van der Waals surface area contributed by atoms with Crippen LogP contribution in [0, 0.1) is 0 Å². The van der Waals surface area contributed by atoms with E-state index in [1.807, 2.05) is 7.05 Å². The minimum Gasteiger partial charge on any atom is -0.339 e. The first-order valence-corrected chi connectivity index (χ1v) is 5.37. The molecule has 0 saturated heterocycles. The van der Waals surface area contributed by atoms with E-state index in [0.29, 0.717) is 11.9 Å². The van der Waals surface area contributed by atoms with Gasteiger partial charge in [0.05, 0.1) is 5.92 Å². The van der Waals surface area contributed by atoms with Crippen LogP contribution in [-0.2, 0) is 5.41 Å². The first-order valence-electron chi connectivity index (χ1n) is 5.37. The Morgan fingerprint density at radius 1 is 1.27 bits per heavy atom. The topological polar surface area (TPSA) is 51.0 Å². The van der Waals surface area contributed by atoms with Crippen LogP contribution in [-0.4, -0.2) is 23.2 Å². The molecule has 86 valence electrons. The highest BCUT2D eigenvalue weighted by Crippen LogP contribution is 2.22. The second-order valence-electron chi connectivity index (χ2n) is 5.07. The third kappa shape index (κ3) is 2.78. The van der Waals surface area contributed by atoms with Crippen molar-refractivity contribution in [2.24, 2.45) is 0 Å². The highest BCUT2D eigenvalue weighted by Gasteiger charge is 2.24. The summed E-state index contributed by atoms with van der Waals surface area (Å²) in [6.07, 6.45) is 0. The van der Waals surface area contributed by atoms with Crippen molar-refractivity contribution < 1.29 is 4.52 Å². The van der Waals surface area contributed by atoms with Crippen molar-refractivity contribution in [3.63, 3.8) is 0 Å². The molecular weight excluding hydrogens is 190 g/mol. The summed E-state index contributed by atoms with van der Waals surface area (Å²) >= 11 is 0. The predicted octanol–water partition coefficient (Wildman–Crippen LogP) is 2.08. The molecule has 1 rings (SSSR count). The van der Waals surface area contributed by atoms with Gasteiger partial charge in [0.15, 0.2) is 5.82 Å². The molecule has 0 spiro atoms. The summed E-state index contributed by atoms with van der Waals surface area (Å²) in [6, 6.07) is 0.332. The van der Waals surface area contributed by atoms with Crippen LogP contribution in [0.5, 0.6) is 0 Å². The van der Waals surface area contributed by atoms with E-state index in [1.165, 1.54) is 0 Å². The first kappa shape index (κ1) is 12.2. The smallest absolute Gasteiger partial charge is 0.231 e. The molecule has 2 unspecified atom stereocenters. The lowest BCUT2D eigenvalue weighted by molar-refractivity contribution is 0.328. The van der Waals surface area contributed by atoms with Crippen LogP contribution >= 0.6 is 0 Å². The number of hydrogen-bond acceptors (Lipinski definition) is 4. The average molecular weight is 211 g/mol. The summed E-state index contributed by atoms with van der Waals surface area (Å²) in [7, 11) is 1.93. The van der Waals surface area contributed by atoms with Crippen molar-refractivity contribution in [1.82, 2.24) is 15.5 Å². The quantitative estimate of drug-likeness (QED) is 0.831. The van der Waals surface area contributed by atoms with Gasteiger partial charge in [0.1, 0.15) is 0 Å². The summed E-state index contributed by atoms with van der Waals surface area (Å²) in [5, 5.41) is 7.19. The molecule has 2 atom stereocenters. The van der Waals surface area contributed by atoms with E-state index in [0.717, 1.165) is 5.82 Å². The number of nitrogens with one attached hydrogen (secondary N) is 1. The fraction of sp³-hybridized carbons (Fsp3) is 0.818. The number of aromatic nitrogens is 2. The summed E-state index contributed by atoms with van der Waals surface area (Å²) in [5.74, 6) is 1.72. The Labute approximate surface area is 91.5 Å². The number of hydrogen-bond donors (Lipinski definition) is 1. The Morgan fingerprint density at radius 3 is 2.27 bits per heavy atom. The SMILES string of the molecule is CNC(C)C(C)c1nc(C(C)(C)C)no1. The van der Waals surface area contributed by atoms with Crippen LogP contribution in [0.25, 0.3) is 0 Å². The molecule has 0 aliphatic rings. The van der Waals surface area contributed by atoms with Crippen molar-refractivity contribution in [3.05, 3.63) is 11.7 Å². The van der Waals surface area contributed by atoms with Gasteiger partial charge >= 0.3 is 0 Å². The van der Waals surface area contributed by atoms with Gasteiger partial charge in [-0.25, -0.2) is 0 Å². The summed E-state index contributed by atoms with van der Waals surface area (Å²) in [4.78, 5) is 4.43. The molecule has 0 aliphatic carbocycles. The highest BCUT2D eigenvalue weighted by atomic mass is 16.5. The van der Waals surface area contributed by atoms with E-state index in [-0.39, 0.29) is 11.3 Å². The second-order valence-corrected chi connectivity index (χ2v) is 5.07. The van der Waals surface area contributed by atoms with Crippen molar-refractivity contribution in [3.8, 4) is 0 Å². The molecule has 0 bridgehead atoms. The van der Waals surface area contributed by atoms with Crippen LogP contribution < -0.4 is 5.32 Å². The molecule has 1 N–H and O–H groups in total. The Kier molecular flexibility index (Phi) is 3.50. The Balaban J connectivity index is 2.85. The first-order chi connectivity index (χ1) is 6.86. The van der Waals surface area contributed by atoms with Gasteiger partial charge in [-0.15, -0.1) is 0 Å². The molecule has 15 heavy (non-hydrogen) atoms. The zero-order valence-electron chi connectivity index (χ0n) is 10.5. The zero-order valence-corrected chi connectivity index (χ0v) is 10.5. The summed E-state index contributed by atoms with van der Waals surface area (Å²) in [6.45, 7) is 10.4. The van der Waals surface area contributed by atoms with Gasteiger partial charge in [-0.2, -0.15) is 4.98 Å². The van der Waals surface area contributed by atoms with Gasteiger partial charge < -0.3 is 9.84 Å². The third-order valence-electron chi connectivity index (χ3n) is 2.71. The van der Waals surface area contributed by atoms with Crippen LogP contribution in [0.4, 0.5) is 0 Å². The van der Waals surface area contributed by atoms with Gasteiger partial charge in [0, 0.05) is 11.5 Å². The minimum absolute atomic E-state index is 0.0512. The Bertz CT molecular complexity index is 314. The maximum atomic E-state index is 5.27. The van der Waals surface area contributed by atoms with Crippen LogP contribution in [0.2, 0.25) is 0 Å². The van der Waals surface area contributed by atoms with Crippen LogP contribution in [0.15, 0.2) is 4.52 Å². The molecule has 0 radical (unpaired) electrons. The Morgan fingerprint density at radius 2 is 1.87 bits per heavy atom. The summed E-state index contributed by atoms with van der Waals surface area (Å²) in [5.41, 5.74) is -0.0512. The van der Waals surface area contributed by atoms with E-state index in [4.69, 9.17) is 4.52 Å². The van der Waals surface area contributed by atoms with Gasteiger partial charge in [-0.3, -0.25) is 0 Å². The van der Waals surface area contributed by atoms with Gasteiger partial charge in [0.2, 0.25) is 5.89 Å². The minimum atomic E-state index is -0.0512. The van der Waals surface area contributed by atoms with Crippen LogP contribution in [0.3, 0.4) is 0 Å². The van der Waals surface area contributed by atoms with Gasteiger partial charge in [0.25, 0.3) is 0 Å². The van der Waals surface area contributed by atoms with Crippen molar-refractivity contribution in [2.75, 3.05) is 7.05 Å². The molecule has 1 heterocycles. The standard InChI is InChI=1S/C11H21N3O/c1-7(8(2)12-6)9-13-10(14-15-9)11(3,4)5/h7-8,12H,1-6H3. The van der Waals surface area contributed by atoms with Crippen LogP contribution in [0.1, 0.15) is 52.3 Å². The molecule has 0 aliphatic heterocycles. The highest BCUT2D eigenvalue weighted by molar-refractivity contribution is 5.03. The second kappa shape index (κ2) is 4.31. The lowest BCUT2D eigenvalue weighted by atomic mass is 9.96. The number of nitrogens with zero attached hydrogens (tertiary/aromatic N) is 2. The molecule has 0 fully saturated rings. The average Bonchev–Trinajstić information content (AvgIpc) is 2.63. The van der Waals surface area contributed by atoms with E-state index in [9.17, 15) is 0 Å². The number of rotatable bonds is 3. The maximum Gasteiger partial charge on any atom is 0.231 e. The third-order valence-corrected chi connectivity index (χ3v) is 2.71. The maximum absolute atomic E-state index is 5.27. The van der Waals surface area contributed by atoms with Gasteiger partial charge in [-0.1, -0.05) is 32.9 Å². The lowest BCUT2D eigenvalue weighted by Gasteiger charge is -2.15. The molecule has 0 saturated carbocycles.